The summed E-state index contributed by atoms with van der Waals surface area (Å²) < 4.78 is 12.1. The summed E-state index contributed by atoms with van der Waals surface area (Å²) in [6.45, 7) is 0.267. The number of ether oxygens (including phenoxy) is 2. The van der Waals surface area contributed by atoms with Crippen LogP contribution in [-0.2, 0) is 6.61 Å². The van der Waals surface area contributed by atoms with E-state index in [-0.39, 0.29) is 12.5 Å². The molecule has 1 aromatic heterocycles. The molecule has 1 N–H and O–H groups in total. The molecule has 4 aromatic carbocycles. The molecule has 10 heteroatoms. The molecule has 0 radical (unpaired) electrons. The molecule has 0 unspecified atom stereocenters. The van der Waals surface area contributed by atoms with Gasteiger partial charge in [-0.25, -0.2) is 10.2 Å². The smallest absolute Gasteiger partial charge is 0.355 e. The first-order chi connectivity index (χ1) is 19.4. The van der Waals surface area contributed by atoms with Crippen LogP contribution in [0.1, 0.15) is 31.2 Å². The largest absolute Gasteiger partial charge is 0.489 e. The van der Waals surface area contributed by atoms with Crippen LogP contribution in [0.25, 0.3) is 10.1 Å². The Balaban J connectivity index is 1.12. The van der Waals surface area contributed by atoms with Crippen molar-refractivity contribution in [2.75, 3.05) is 0 Å². The van der Waals surface area contributed by atoms with Crippen LogP contribution < -0.4 is 14.9 Å². The first kappa shape index (κ1) is 27.7. The first-order valence-electron chi connectivity index (χ1n) is 11.9. The van der Waals surface area contributed by atoms with Gasteiger partial charge in [0.1, 0.15) is 23.0 Å². The van der Waals surface area contributed by atoms with Gasteiger partial charge in [0.15, 0.2) is 0 Å². The van der Waals surface area contributed by atoms with Crippen LogP contribution in [0.15, 0.2) is 96.1 Å². The highest BCUT2D eigenvalue weighted by molar-refractivity contribution is 7.21. The van der Waals surface area contributed by atoms with Gasteiger partial charge in [0.05, 0.1) is 11.2 Å². The summed E-state index contributed by atoms with van der Waals surface area (Å²) in [6.07, 6.45) is 1.49. The molecule has 0 atom stereocenters. The van der Waals surface area contributed by atoms with Crippen LogP contribution >= 0.6 is 46.1 Å². The molecular weight excluding hydrogens is 591 g/mol. The minimum absolute atomic E-state index is 0.267. The summed E-state index contributed by atoms with van der Waals surface area (Å²) in [6, 6.07) is 26.1. The predicted molar refractivity (Wildman–Crippen MR) is 161 cm³/mol. The number of nitrogens with one attached hydrogen (secondary N) is 1. The van der Waals surface area contributed by atoms with Crippen molar-refractivity contribution in [2.45, 2.75) is 6.61 Å². The molecule has 0 saturated heterocycles. The molecule has 0 aliphatic rings. The van der Waals surface area contributed by atoms with Crippen LogP contribution in [0.3, 0.4) is 0 Å². The molecule has 5 aromatic rings. The molecule has 1 heterocycles. The third-order valence-corrected chi connectivity index (χ3v) is 7.96. The molecule has 200 valence electrons. The maximum absolute atomic E-state index is 12.6. The third kappa shape index (κ3) is 6.63. The monoisotopic (exact) mass is 608 g/mol. The van der Waals surface area contributed by atoms with Gasteiger partial charge >= 0.3 is 5.97 Å². The number of carbonyl (C=O) groups is 2. The number of hydrogen-bond donors (Lipinski definition) is 1. The van der Waals surface area contributed by atoms with Crippen molar-refractivity contribution in [3.05, 3.63) is 128 Å². The number of amides is 1. The number of benzene rings is 4. The van der Waals surface area contributed by atoms with Crippen molar-refractivity contribution < 1.29 is 19.1 Å². The number of esters is 1. The van der Waals surface area contributed by atoms with E-state index in [1.165, 1.54) is 17.6 Å². The van der Waals surface area contributed by atoms with Gasteiger partial charge < -0.3 is 9.47 Å². The number of hydrazone groups is 1. The molecule has 0 aliphatic heterocycles. The van der Waals surface area contributed by atoms with Gasteiger partial charge in [-0.05, 0) is 72.3 Å². The lowest BCUT2D eigenvalue weighted by molar-refractivity contribution is 0.0739. The fraction of sp³-hybridized carbons (Fsp3) is 0.0333. The van der Waals surface area contributed by atoms with Crippen LogP contribution in [0.2, 0.25) is 15.1 Å². The number of hydrogen-bond acceptors (Lipinski definition) is 6. The highest BCUT2D eigenvalue weighted by Gasteiger charge is 2.19. The van der Waals surface area contributed by atoms with E-state index in [0.717, 1.165) is 15.6 Å². The first-order valence-corrected chi connectivity index (χ1v) is 13.8. The topological polar surface area (TPSA) is 77.0 Å². The molecule has 1 amide bonds. The Kier molecular flexibility index (Phi) is 8.67. The van der Waals surface area contributed by atoms with Gasteiger partial charge in [-0.3, -0.25) is 4.79 Å². The van der Waals surface area contributed by atoms with E-state index in [0.29, 0.717) is 42.6 Å². The molecule has 0 saturated carbocycles. The van der Waals surface area contributed by atoms with E-state index in [9.17, 15) is 9.59 Å². The third-order valence-electron chi connectivity index (χ3n) is 5.72. The molecule has 5 rings (SSSR count). The normalized spacial score (nSPS) is 11.1. The zero-order valence-corrected chi connectivity index (χ0v) is 23.7. The molecule has 0 spiro atoms. The lowest BCUT2D eigenvalue weighted by Crippen LogP contribution is -2.17. The Morgan fingerprint density at radius 2 is 1.60 bits per heavy atom. The molecule has 0 fully saturated rings. The zero-order valence-electron chi connectivity index (χ0n) is 20.6. The van der Waals surface area contributed by atoms with E-state index in [4.69, 9.17) is 44.3 Å². The number of rotatable bonds is 8. The minimum atomic E-state index is -0.523. The quantitative estimate of drug-likeness (QED) is 0.0829. The predicted octanol–water partition coefficient (Wildman–Crippen LogP) is 8.42. The van der Waals surface area contributed by atoms with Crippen molar-refractivity contribution in [3.63, 3.8) is 0 Å². The van der Waals surface area contributed by atoms with E-state index >= 15 is 0 Å². The molecule has 0 aliphatic carbocycles. The molecular formula is C30H19Cl3N2O4S. The van der Waals surface area contributed by atoms with Gasteiger partial charge in [-0.2, -0.15) is 5.10 Å². The van der Waals surface area contributed by atoms with E-state index in [2.05, 4.69) is 10.5 Å². The maximum Gasteiger partial charge on any atom is 0.355 e. The van der Waals surface area contributed by atoms with Crippen molar-refractivity contribution in [1.82, 2.24) is 5.43 Å². The summed E-state index contributed by atoms with van der Waals surface area (Å²) in [4.78, 5) is 25.4. The molecule has 0 bridgehead atoms. The Bertz CT molecular complexity index is 1720. The SMILES string of the molecule is O=C(N/N=C\c1ccc(OC(=O)c2sc3ccccc3c2Cl)cc1)c1ccc(OCc2ccc(Cl)cc2Cl)cc1. The Morgan fingerprint density at radius 3 is 2.33 bits per heavy atom. The second kappa shape index (κ2) is 12.5. The molecule has 6 nitrogen and oxygen atoms in total. The van der Waals surface area contributed by atoms with Gasteiger partial charge in [-0.1, -0.05) is 59.1 Å². The standard InChI is InChI=1S/C30H19Cl3N2O4S/c31-21-10-7-20(25(32)15-21)17-38-22-13-8-19(9-14-22)29(36)35-34-16-18-5-11-23(12-6-18)39-30(37)28-27(33)24-3-1-2-4-26(24)40-28/h1-16H,17H2,(H,35,36)/b34-16-. The average molecular weight is 610 g/mol. The van der Waals surface area contributed by atoms with Gasteiger partial charge in [0.25, 0.3) is 5.91 Å². The second-order valence-electron chi connectivity index (χ2n) is 8.45. The summed E-state index contributed by atoms with van der Waals surface area (Å²) in [5, 5.41) is 6.28. The Hall–Kier alpha value is -3.88. The van der Waals surface area contributed by atoms with Crippen LogP contribution in [0.5, 0.6) is 11.5 Å². The molecule has 40 heavy (non-hydrogen) atoms. The summed E-state index contributed by atoms with van der Waals surface area (Å²) in [5.41, 5.74) is 4.40. The highest BCUT2D eigenvalue weighted by Crippen LogP contribution is 2.35. The van der Waals surface area contributed by atoms with Crippen LogP contribution in [0.4, 0.5) is 0 Å². The number of nitrogens with zero attached hydrogens (tertiary/aromatic N) is 1. The summed E-state index contributed by atoms with van der Waals surface area (Å²) in [7, 11) is 0. The highest BCUT2D eigenvalue weighted by atomic mass is 35.5. The van der Waals surface area contributed by atoms with Gasteiger partial charge in [0, 0.05) is 31.3 Å². The number of thiophene rings is 1. The maximum atomic E-state index is 12.6. The summed E-state index contributed by atoms with van der Waals surface area (Å²) in [5.74, 6) is 0.0428. The van der Waals surface area contributed by atoms with Crippen molar-refractivity contribution >= 4 is 74.3 Å². The van der Waals surface area contributed by atoms with Crippen molar-refractivity contribution in [1.29, 1.82) is 0 Å². The Morgan fingerprint density at radius 1 is 0.875 bits per heavy atom. The minimum Gasteiger partial charge on any atom is -0.489 e. The number of fused-ring (bicyclic) bond motifs is 1. The lowest BCUT2D eigenvalue weighted by atomic mass is 10.2. The van der Waals surface area contributed by atoms with Crippen molar-refractivity contribution in [2.24, 2.45) is 5.10 Å². The fourth-order valence-corrected chi connectivity index (χ4v) is 5.50. The fourth-order valence-electron chi connectivity index (χ4n) is 3.65. The van der Waals surface area contributed by atoms with Crippen LogP contribution in [-0.4, -0.2) is 18.1 Å². The van der Waals surface area contributed by atoms with Gasteiger partial charge in [-0.15, -0.1) is 11.3 Å². The van der Waals surface area contributed by atoms with E-state index < -0.39 is 5.97 Å². The number of halogens is 3. The number of carbonyl (C=O) groups excluding carboxylic acids is 2. The lowest BCUT2D eigenvalue weighted by Gasteiger charge is -2.08. The van der Waals surface area contributed by atoms with E-state index in [1.807, 2.05) is 24.3 Å². The second-order valence-corrected chi connectivity index (χ2v) is 10.7. The summed E-state index contributed by atoms with van der Waals surface area (Å²) >= 11 is 19.7. The van der Waals surface area contributed by atoms with Gasteiger partial charge in [0.2, 0.25) is 0 Å². The Labute approximate surface area is 248 Å². The van der Waals surface area contributed by atoms with Crippen LogP contribution in [0, 0.1) is 0 Å². The van der Waals surface area contributed by atoms with Crippen molar-refractivity contribution in [3.8, 4) is 11.5 Å². The van der Waals surface area contributed by atoms with E-state index in [1.54, 1.807) is 66.7 Å². The average Bonchev–Trinajstić information content (AvgIpc) is 3.30. The zero-order chi connectivity index (χ0) is 28.1.